The standard InChI is InChI=1S/C50H59ClFN7O7S2.C50H59F3N8O7S2/c1-31-23-40(45(61)54-27-33-11-13-34(14-12-33)43-32(2)55-30-68-43)57(28-31)46(62)44(49(3,4)5)56-42(60)29-65-21-10-20-64-19-8-9-22-66-41-18-17-37(25-39(41)52)59-48(67)58(47(63)50(59,6)7)36-16-15-35(26-53)38(51)24-36;1-31-23-39(44(63)56-26-33-11-13-34(14-12-33)42-32(2)57-30-70-42)59(28-31)45(64)43(48(3,4)5)58-40(62)29-67-21-10-20-66-19-8-9-22-68-41-18-17-37(27-55-41)61-47(69)60(46(65)49(61,6)7)36-16-15-35(25-54)38(24-36)50(51,52)53/h11-18,24-25,30-31,40,44H,8-10,19-23,27-29H2,1-7H3,(H,54,61)(H,56,60);11-18,24,27,30-31,39,43H,8-10,19-23,26,28-29H2,1-7H3,(H,56,63)(H,58,62)/t31-,40+,44-;31-,39+,43-/m11/s1. The fourth-order valence-corrected chi connectivity index (χ4v) is 19.3. The van der Waals surface area contributed by atoms with Gasteiger partial charge in [-0.15, -0.1) is 22.7 Å². The van der Waals surface area contributed by atoms with Crippen LogP contribution in [0.3, 0.4) is 0 Å². The molecule has 8 amide bonds. The van der Waals surface area contributed by atoms with E-state index in [-0.39, 0.29) is 107 Å². The molecule has 8 aromatic rings. The Hall–Kier alpha value is -11.5. The van der Waals surface area contributed by atoms with Gasteiger partial charge in [0, 0.05) is 83.6 Å². The fraction of sp³-hybridized carbons (Fsp3) is 0.470. The van der Waals surface area contributed by atoms with Crippen LogP contribution in [0, 0.1) is 65.0 Å². The summed E-state index contributed by atoms with van der Waals surface area (Å²) in [4.78, 5) is 132. The smallest absolute Gasteiger partial charge is 0.417 e. The van der Waals surface area contributed by atoms with Gasteiger partial charge in [-0.25, -0.2) is 19.3 Å². The fourth-order valence-electron chi connectivity index (χ4n) is 16.4. The minimum atomic E-state index is -4.81. The van der Waals surface area contributed by atoms with Crippen molar-refractivity contribution in [2.45, 2.75) is 203 Å². The van der Waals surface area contributed by atoms with Crippen LogP contribution >= 0.6 is 58.7 Å². The number of anilines is 4. The Morgan fingerprint density at radius 2 is 0.949 bits per heavy atom. The van der Waals surface area contributed by atoms with Crippen LogP contribution in [0.1, 0.15) is 174 Å². The first kappa shape index (κ1) is 107. The third-order valence-corrected chi connectivity index (χ3v) is 26.9. The number of benzene rings is 5. The van der Waals surface area contributed by atoms with Gasteiger partial charge in [0.05, 0.1) is 96.4 Å². The summed E-state index contributed by atoms with van der Waals surface area (Å²) in [5, 5.41) is 30.5. The first-order valence-electron chi connectivity index (χ1n) is 45.7. The summed E-state index contributed by atoms with van der Waals surface area (Å²) in [5.74, 6) is -2.79. The molecule has 4 N–H and O–H groups in total. The number of thiocarbonyl (C=S) groups is 2. The predicted molar refractivity (Wildman–Crippen MR) is 528 cm³/mol. The number of hydrogen-bond acceptors (Lipinski definition) is 23. The molecule has 0 radical (unpaired) electrons. The van der Waals surface area contributed by atoms with E-state index in [1.165, 1.54) is 52.4 Å². The van der Waals surface area contributed by atoms with Crippen molar-refractivity contribution in [2.75, 3.05) is 98.8 Å². The van der Waals surface area contributed by atoms with Crippen LogP contribution < -0.4 is 50.3 Å². The maximum Gasteiger partial charge on any atom is 0.417 e. The number of aromatic nitrogens is 3. The number of likely N-dealkylation sites (tertiary alicyclic amines) is 2. The van der Waals surface area contributed by atoms with Gasteiger partial charge in [-0.3, -0.25) is 48.2 Å². The zero-order valence-corrected chi connectivity index (χ0v) is 83.9. The number of nitrogens with one attached hydrogen (secondary N) is 4. The molecule has 29 nitrogen and oxygen atoms in total. The Labute approximate surface area is 825 Å². The van der Waals surface area contributed by atoms with Crippen LogP contribution in [0.2, 0.25) is 5.02 Å². The Morgan fingerprint density at radius 1 is 0.536 bits per heavy atom. The maximum absolute atomic E-state index is 15.3. The van der Waals surface area contributed by atoms with Gasteiger partial charge in [0.2, 0.25) is 41.3 Å². The van der Waals surface area contributed by atoms with Gasteiger partial charge in [0.1, 0.15) is 54.5 Å². The van der Waals surface area contributed by atoms with Gasteiger partial charge in [-0.1, -0.05) is 116 Å². The molecule has 138 heavy (non-hydrogen) atoms. The van der Waals surface area contributed by atoms with Crippen molar-refractivity contribution in [2.24, 2.45) is 22.7 Å². The molecule has 4 saturated heterocycles. The number of thiazole rings is 2. The van der Waals surface area contributed by atoms with E-state index in [1.807, 2.05) is 135 Å². The Morgan fingerprint density at radius 3 is 1.36 bits per heavy atom. The molecular formula is C100H118ClF4N15O14S4. The van der Waals surface area contributed by atoms with Gasteiger partial charge in [0.25, 0.3) is 11.8 Å². The van der Waals surface area contributed by atoms with E-state index < -0.39 is 86.9 Å². The van der Waals surface area contributed by atoms with Crippen LogP contribution in [0.25, 0.3) is 20.9 Å². The summed E-state index contributed by atoms with van der Waals surface area (Å²) in [6, 6.07) is 31.8. The molecule has 0 bridgehead atoms. The number of pyridine rings is 1. The van der Waals surface area contributed by atoms with Gasteiger partial charge in [-0.05, 0) is 217 Å². The molecule has 6 atom stereocenters. The predicted octanol–water partition coefficient (Wildman–Crippen LogP) is 16.4. The Balaban J connectivity index is 0.000000265. The summed E-state index contributed by atoms with van der Waals surface area (Å²) in [6.45, 7) is 29.7. The molecule has 38 heteroatoms. The quantitative estimate of drug-likeness (QED) is 0.0157. The van der Waals surface area contributed by atoms with Gasteiger partial charge >= 0.3 is 6.18 Å². The summed E-state index contributed by atoms with van der Waals surface area (Å²) in [7, 11) is 0. The van der Waals surface area contributed by atoms with Crippen molar-refractivity contribution >= 4 is 139 Å². The largest absolute Gasteiger partial charge is 0.491 e. The molecule has 736 valence electrons. The highest BCUT2D eigenvalue weighted by atomic mass is 35.5. The molecule has 3 aromatic heterocycles. The van der Waals surface area contributed by atoms with Crippen molar-refractivity contribution in [1.82, 2.24) is 46.0 Å². The van der Waals surface area contributed by atoms with E-state index in [1.54, 1.807) is 89.3 Å². The first-order valence-corrected chi connectivity index (χ1v) is 48.6. The Kier molecular flexibility index (Phi) is 36.7. The number of nitriles is 2. The number of unbranched alkanes of at least 4 members (excludes halogenated alkanes) is 2. The third-order valence-electron chi connectivity index (χ3n) is 23.9. The number of carbonyl (C=O) groups excluding carboxylic acids is 8. The number of carbonyl (C=O) groups is 8. The van der Waals surface area contributed by atoms with Crippen LogP contribution in [-0.4, -0.2) is 197 Å². The number of ether oxygens (including phenoxy) is 6. The van der Waals surface area contributed by atoms with Crippen LogP contribution in [-0.2, 0) is 76.6 Å². The molecule has 7 heterocycles. The molecule has 4 fully saturated rings. The van der Waals surface area contributed by atoms with E-state index in [2.05, 4.69) is 36.2 Å². The lowest BCUT2D eigenvalue weighted by atomic mass is 9.85. The number of alkyl halides is 3. The van der Waals surface area contributed by atoms with Gasteiger partial charge in [-0.2, -0.15) is 23.7 Å². The van der Waals surface area contributed by atoms with Crippen LogP contribution in [0.4, 0.5) is 40.3 Å². The van der Waals surface area contributed by atoms with E-state index in [4.69, 9.17) is 64.5 Å². The lowest BCUT2D eigenvalue weighted by Crippen LogP contribution is -2.58. The summed E-state index contributed by atoms with van der Waals surface area (Å²) >= 11 is 20.7. The van der Waals surface area contributed by atoms with Crippen LogP contribution in [0.15, 0.2) is 132 Å². The molecule has 0 aliphatic carbocycles. The lowest BCUT2D eigenvalue weighted by Gasteiger charge is -2.35. The minimum Gasteiger partial charge on any atom is -0.491 e. The molecule has 12 rings (SSSR count). The molecule has 0 unspecified atom stereocenters. The molecular weight excluding hydrogens is 1870 g/mol. The molecule has 5 aromatic carbocycles. The molecule has 4 aliphatic rings. The lowest BCUT2D eigenvalue weighted by molar-refractivity contribution is -0.144. The summed E-state index contributed by atoms with van der Waals surface area (Å²) in [6.07, 6.45) is 1.43. The topological polar surface area (TPSA) is 346 Å². The number of amides is 8. The molecule has 4 aliphatic heterocycles. The highest BCUT2D eigenvalue weighted by Gasteiger charge is 2.53. The van der Waals surface area contributed by atoms with E-state index >= 15 is 4.39 Å². The number of nitrogens with zero attached hydrogens (tertiary/aromatic N) is 11. The van der Waals surface area contributed by atoms with Gasteiger partial charge < -0.3 is 69.3 Å². The SMILES string of the molecule is Cc1ncsc1-c1ccc(CNC(=O)[C@@H]2C[C@@H](C)CN2C(=O)[C@@H](NC(=O)COCCCOCCCCOc2ccc(N3C(=S)N(c4ccc(C#N)c(C(F)(F)F)c4)C(=O)C3(C)C)cn2)C(C)(C)C)cc1.Cc1ncsc1-c1ccc(CNC(=O)[C@@H]2C[C@@H](C)CN2C(=O)[C@@H](NC(=O)COCCCOCCCCOc2ccc(N3C(=S)N(c4ccc(C#N)c(Cl)c4)C(=O)C3(C)C)cc2F)C(C)(C)C)cc1. The summed E-state index contributed by atoms with van der Waals surface area (Å²) in [5.41, 5.74) is 5.60. The second-order valence-electron chi connectivity index (χ2n) is 37.7. The third kappa shape index (κ3) is 26.9. The zero-order valence-electron chi connectivity index (χ0n) is 79.9. The highest BCUT2D eigenvalue weighted by molar-refractivity contribution is 7.81. The molecule has 0 spiro atoms. The first-order chi connectivity index (χ1) is 65.4. The second kappa shape index (κ2) is 47.4. The zero-order chi connectivity index (χ0) is 100. The van der Waals surface area contributed by atoms with Gasteiger partial charge in [0.15, 0.2) is 21.8 Å². The van der Waals surface area contributed by atoms with Crippen molar-refractivity contribution < 1.29 is 84.3 Å². The molecule has 0 saturated carbocycles. The van der Waals surface area contributed by atoms with Crippen molar-refractivity contribution in [3.05, 3.63) is 183 Å². The maximum atomic E-state index is 15.3. The average molecular weight is 1990 g/mol. The number of aryl methyl sites for hydroxylation is 2. The summed E-state index contributed by atoms with van der Waals surface area (Å²) < 4.78 is 90.6. The normalized spacial score (nSPS) is 17.4. The minimum absolute atomic E-state index is 0.0404. The number of hydrogen-bond donors (Lipinski definition) is 4. The number of halogens is 5. The van der Waals surface area contributed by atoms with E-state index in [0.717, 1.165) is 60.4 Å². The van der Waals surface area contributed by atoms with E-state index in [9.17, 15) is 62.1 Å². The number of rotatable bonds is 40. The Bertz CT molecular complexity index is 5780. The monoisotopic (exact) mass is 1990 g/mol. The average Bonchev–Trinajstić information content (AvgIpc) is 1.59. The second-order valence-corrected chi connectivity index (χ2v) is 40.5. The van der Waals surface area contributed by atoms with E-state index in [0.29, 0.717) is 134 Å². The van der Waals surface area contributed by atoms with Crippen molar-refractivity contribution in [1.29, 1.82) is 10.5 Å². The van der Waals surface area contributed by atoms with Crippen molar-refractivity contribution in [3.63, 3.8) is 0 Å². The van der Waals surface area contributed by atoms with Crippen LogP contribution in [0.5, 0.6) is 11.6 Å². The van der Waals surface area contributed by atoms with Crippen molar-refractivity contribution in [3.8, 4) is 44.6 Å². The highest BCUT2D eigenvalue weighted by Crippen LogP contribution is 2.43.